The van der Waals surface area contributed by atoms with Crippen LogP contribution in [0.5, 0.6) is 5.75 Å². The maximum absolute atomic E-state index is 13.6. The molecule has 4 heterocycles. The van der Waals surface area contributed by atoms with Crippen LogP contribution in [0, 0.1) is 5.92 Å². The Morgan fingerprint density at radius 3 is 2.35 bits per heavy atom. The first kappa shape index (κ1) is 31.9. The maximum atomic E-state index is 13.6. The van der Waals surface area contributed by atoms with E-state index in [9.17, 15) is 14.7 Å². The number of anilines is 1. The summed E-state index contributed by atoms with van der Waals surface area (Å²) in [5.74, 6) is 0.0898. The third-order valence-electron chi connectivity index (χ3n) is 9.46. The van der Waals surface area contributed by atoms with Crippen molar-refractivity contribution in [2.75, 3.05) is 37.7 Å². The first-order valence-corrected chi connectivity index (χ1v) is 16.6. The predicted octanol–water partition coefficient (Wildman–Crippen LogP) is 6.84. The lowest BCUT2D eigenvalue weighted by atomic mass is 9.86. The highest BCUT2D eigenvalue weighted by atomic mass is 16.7. The average molecular weight is 649 g/mol. The van der Waals surface area contributed by atoms with E-state index in [2.05, 4.69) is 4.90 Å². The van der Waals surface area contributed by atoms with Crippen molar-refractivity contribution < 1.29 is 33.6 Å². The fourth-order valence-corrected chi connectivity index (χ4v) is 6.87. The molecule has 9 heteroatoms. The number of nitrogens with zero attached hydrogens (tertiary/aromatic N) is 2. The molecule has 0 aromatic heterocycles. The summed E-state index contributed by atoms with van der Waals surface area (Å²) in [7, 11) is 0. The smallest absolute Gasteiger partial charge is 0.414 e. The molecule has 4 aliphatic heterocycles. The topological polar surface area (TPSA) is 97.8 Å². The lowest BCUT2D eigenvalue weighted by Gasteiger charge is -2.44. The van der Waals surface area contributed by atoms with Crippen LogP contribution in [0.1, 0.15) is 57.3 Å². The van der Waals surface area contributed by atoms with E-state index < -0.39 is 5.97 Å². The van der Waals surface area contributed by atoms with Gasteiger partial charge in [0.15, 0.2) is 6.29 Å². The van der Waals surface area contributed by atoms with Gasteiger partial charge in [0.05, 0.1) is 25.3 Å². The molecule has 0 spiro atoms. The van der Waals surface area contributed by atoms with Gasteiger partial charge in [-0.25, -0.2) is 9.59 Å². The average Bonchev–Trinajstić information content (AvgIpc) is 3.67. The van der Waals surface area contributed by atoms with Crippen molar-refractivity contribution in [1.29, 1.82) is 0 Å². The van der Waals surface area contributed by atoms with Crippen molar-refractivity contribution in [1.82, 2.24) is 4.90 Å². The largest absolute Gasteiger partial charge is 0.489 e. The van der Waals surface area contributed by atoms with Crippen molar-refractivity contribution in [3.63, 3.8) is 0 Å². The lowest BCUT2D eigenvalue weighted by molar-refractivity contribution is -0.0441. The normalized spacial score (nSPS) is 20.4. The number of carboxylic acids is 1. The van der Waals surface area contributed by atoms with Crippen LogP contribution >= 0.6 is 0 Å². The SMILES string of the molecule is O=C(O)c1ccc(COc2cccc(CN(C(=O)O[C@H]3CN4CCC3CC4)c3ccccc3)c2)c(Cc2cccc(C3OCCO3)c2)c1. The quantitative estimate of drug-likeness (QED) is 0.189. The van der Waals surface area contributed by atoms with Gasteiger partial charge in [-0.05, 0) is 96.9 Å². The predicted molar refractivity (Wildman–Crippen MR) is 180 cm³/mol. The molecule has 4 aromatic carbocycles. The second-order valence-corrected chi connectivity index (χ2v) is 12.7. The molecule has 1 atom stereocenters. The zero-order valence-corrected chi connectivity index (χ0v) is 26.8. The molecule has 48 heavy (non-hydrogen) atoms. The van der Waals surface area contributed by atoms with Crippen LogP contribution in [0.15, 0.2) is 97.1 Å². The number of para-hydroxylation sites is 1. The minimum absolute atomic E-state index is 0.0885. The van der Waals surface area contributed by atoms with Gasteiger partial charge in [-0.2, -0.15) is 0 Å². The van der Waals surface area contributed by atoms with E-state index in [1.807, 2.05) is 84.9 Å². The van der Waals surface area contributed by atoms with Crippen LogP contribution in [0.4, 0.5) is 10.5 Å². The molecule has 1 N–H and O–H groups in total. The number of benzene rings is 4. The van der Waals surface area contributed by atoms with Gasteiger partial charge < -0.3 is 24.1 Å². The number of aromatic carboxylic acids is 1. The van der Waals surface area contributed by atoms with E-state index in [0.29, 0.717) is 37.8 Å². The third kappa shape index (κ3) is 7.54. The van der Waals surface area contributed by atoms with Gasteiger partial charge in [0.1, 0.15) is 18.5 Å². The number of carboxylic acid groups (broad SMARTS) is 1. The van der Waals surface area contributed by atoms with E-state index in [0.717, 1.165) is 66.0 Å². The molecule has 4 aliphatic rings. The van der Waals surface area contributed by atoms with Gasteiger partial charge in [0.25, 0.3) is 0 Å². The monoisotopic (exact) mass is 648 g/mol. The Morgan fingerprint density at radius 1 is 0.833 bits per heavy atom. The highest BCUT2D eigenvalue weighted by molar-refractivity contribution is 5.88. The number of amides is 1. The van der Waals surface area contributed by atoms with Crippen molar-refractivity contribution in [2.24, 2.45) is 5.92 Å². The molecule has 4 fully saturated rings. The number of hydrogen-bond acceptors (Lipinski definition) is 7. The molecule has 1 amide bonds. The first-order chi connectivity index (χ1) is 23.5. The Balaban J connectivity index is 1.06. The van der Waals surface area contributed by atoms with Crippen molar-refractivity contribution in [3.05, 3.63) is 130 Å². The van der Waals surface area contributed by atoms with Gasteiger partial charge in [0.2, 0.25) is 0 Å². The highest BCUT2D eigenvalue weighted by Gasteiger charge is 2.37. The number of fused-ring (bicyclic) bond motifs is 3. The van der Waals surface area contributed by atoms with E-state index in [1.165, 1.54) is 0 Å². The Labute approximate surface area is 280 Å². The molecular formula is C39H40N2O7. The molecular weight excluding hydrogens is 608 g/mol. The Kier molecular flexibility index (Phi) is 9.70. The molecule has 0 radical (unpaired) electrons. The second-order valence-electron chi connectivity index (χ2n) is 12.7. The van der Waals surface area contributed by atoms with Gasteiger partial charge in [-0.1, -0.05) is 60.7 Å². The molecule has 8 rings (SSSR count). The highest BCUT2D eigenvalue weighted by Crippen LogP contribution is 2.31. The standard InChI is InChI=1S/C39H40N2O7/c42-37(43)30-12-13-32(33(23-30)21-27-6-4-8-31(20-27)38-45-18-19-46-38)26-47-35-11-5-7-28(22-35)24-41(34-9-2-1-3-10-34)39(44)48-36-25-40-16-14-29(36)15-17-40/h1-13,20,22-23,29,36,38H,14-19,21,24-26H2,(H,42,43)/t36-/m0/s1. The Morgan fingerprint density at radius 2 is 1.60 bits per heavy atom. The van der Waals surface area contributed by atoms with Crippen LogP contribution in [0.2, 0.25) is 0 Å². The van der Waals surface area contributed by atoms with Crippen LogP contribution < -0.4 is 9.64 Å². The fraction of sp³-hybridized carbons (Fsp3) is 0.333. The number of piperidine rings is 3. The molecule has 4 aromatic rings. The van der Waals surface area contributed by atoms with Crippen molar-refractivity contribution in [3.8, 4) is 5.75 Å². The molecule has 0 unspecified atom stereocenters. The van der Waals surface area contributed by atoms with E-state index in [4.69, 9.17) is 18.9 Å². The van der Waals surface area contributed by atoms with Gasteiger partial charge in [-0.3, -0.25) is 9.80 Å². The summed E-state index contributed by atoms with van der Waals surface area (Å²) in [6.45, 7) is 4.65. The molecule has 0 saturated carbocycles. The van der Waals surface area contributed by atoms with Gasteiger partial charge in [0, 0.05) is 17.8 Å². The number of hydrogen-bond donors (Lipinski definition) is 1. The summed E-state index contributed by atoms with van der Waals surface area (Å²) >= 11 is 0. The van der Waals surface area contributed by atoms with Crippen molar-refractivity contribution in [2.45, 2.75) is 44.8 Å². The Hall–Kier alpha value is -4.70. The molecule has 9 nitrogen and oxygen atoms in total. The maximum Gasteiger partial charge on any atom is 0.414 e. The summed E-state index contributed by atoms with van der Waals surface area (Å²) in [6.07, 6.45) is 1.85. The second kappa shape index (κ2) is 14.6. The zero-order valence-electron chi connectivity index (χ0n) is 26.8. The number of carbonyl (C=O) groups is 2. The zero-order chi connectivity index (χ0) is 32.9. The van der Waals surface area contributed by atoms with Gasteiger partial charge >= 0.3 is 12.1 Å². The number of rotatable bonds is 11. The summed E-state index contributed by atoms with van der Waals surface area (Å²) < 4.78 is 23.8. The summed E-state index contributed by atoms with van der Waals surface area (Å²) in [5, 5.41) is 9.70. The van der Waals surface area contributed by atoms with Crippen molar-refractivity contribution >= 4 is 17.7 Å². The van der Waals surface area contributed by atoms with Gasteiger partial charge in [-0.15, -0.1) is 0 Å². The lowest BCUT2D eigenvalue weighted by Crippen LogP contribution is -2.53. The van der Waals surface area contributed by atoms with Crippen LogP contribution in [-0.2, 0) is 33.8 Å². The van der Waals surface area contributed by atoms with Crippen LogP contribution in [-0.4, -0.2) is 61.0 Å². The number of carbonyl (C=O) groups excluding carboxylic acids is 1. The Bertz CT molecular complexity index is 1730. The molecule has 248 valence electrons. The molecule has 2 bridgehead atoms. The molecule has 4 saturated heterocycles. The fourth-order valence-electron chi connectivity index (χ4n) is 6.87. The first-order valence-electron chi connectivity index (χ1n) is 16.6. The number of ether oxygens (including phenoxy) is 4. The van der Waals surface area contributed by atoms with Crippen LogP contribution in [0.25, 0.3) is 0 Å². The van der Waals surface area contributed by atoms with E-state index in [1.54, 1.807) is 17.0 Å². The minimum atomic E-state index is -0.979. The van der Waals surface area contributed by atoms with E-state index in [-0.39, 0.29) is 30.7 Å². The summed E-state index contributed by atoms with van der Waals surface area (Å²) in [6, 6.07) is 30.5. The summed E-state index contributed by atoms with van der Waals surface area (Å²) in [4.78, 5) is 29.6. The van der Waals surface area contributed by atoms with E-state index >= 15 is 0 Å². The third-order valence-corrected chi connectivity index (χ3v) is 9.46. The minimum Gasteiger partial charge on any atom is -0.489 e. The summed E-state index contributed by atoms with van der Waals surface area (Å²) in [5.41, 5.74) is 5.60. The molecule has 0 aliphatic carbocycles. The van der Waals surface area contributed by atoms with Crippen LogP contribution in [0.3, 0.4) is 0 Å².